The molecule has 7 heteroatoms. The molecule has 1 aliphatic rings. The first kappa shape index (κ1) is 19.9. The maximum atomic E-state index is 12.3. The number of hydrogen-bond donors (Lipinski definition) is 1. The number of fused-ring (bicyclic) bond motifs is 1. The molecule has 2 aromatic heterocycles. The molecule has 30 heavy (non-hydrogen) atoms. The highest BCUT2D eigenvalue weighted by atomic mass is 16.6. The molecule has 156 valence electrons. The molecule has 0 saturated carbocycles. The normalized spacial score (nSPS) is 17.4. The molecule has 4 rings (SSSR count). The predicted molar refractivity (Wildman–Crippen MR) is 115 cm³/mol. The van der Waals surface area contributed by atoms with Crippen molar-refractivity contribution in [3.8, 4) is 0 Å². The number of pyridine rings is 1. The Hall–Kier alpha value is -3.35. The summed E-state index contributed by atoms with van der Waals surface area (Å²) >= 11 is 0. The number of rotatable bonds is 4. The highest BCUT2D eigenvalue weighted by Crippen LogP contribution is 2.20. The molecule has 1 N–H and O–H groups in total. The third-order valence-corrected chi connectivity index (χ3v) is 4.82. The summed E-state index contributed by atoms with van der Waals surface area (Å²) in [6, 6.07) is 13.9. The van der Waals surface area contributed by atoms with E-state index in [1.807, 2.05) is 63.2 Å². The van der Waals surface area contributed by atoms with Crippen molar-refractivity contribution >= 4 is 22.7 Å². The van der Waals surface area contributed by atoms with Crippen molar-refractivity contribution in [2.45, 2.75) is 38.9 Å². The van der Waals surface area contributed by atoms with Crippen LogP contribution < -0.4 is 0 Å². The van der Waals surface area contributed by atoms with Crippen molar-refractivity contribution in [3.05, 3.63) is 66.1 Å². The Kier molecular flexibility index (Phi) is 5.44. The minimum Gasteiger partial charge on any atom is -0.444 e. The molecule has 1 amide bonds. The lowest BCUT2D eigenvalue weighted by molar-refractivity contribution is 0.0218. The van der Waals surface area contributed by atoms with Crippen molar-refractivity contribution in [2.24, 2.45) is 5.16 Å². The Morgan fingerprint density at radius 3 is 2.77 bits per heavy atom. The lowest BCUT2D eigenvalue weighted by atomic mass is 10.1. The topological polar surface area (TPSA) is 79.8 Å². The third-order valence-electron chi connectivity index (χ3n) is 4.82. The van der Waals surface area contributed by atoms with Gasteiger partial charge in [0.25, 0.3) is 0 Å². The van der Waals surface area contributed by atoms with Crippen LogP contribution in [0.5, 0.6) is 0 Å². The van der Waals surface area contributed by atoms with E-state index in [0.717, 1.165) is 22.2 Å². The fourth-order valence-electron chi connectivity index (χ4n) is 3.39. The number of oxime groups is 1. The van der Waals surface area contributed by atoms with Crippen LogP contribution in [0.2, 0.25) is 0 Å². The van der Waals surface area contributed by atoms with Crippen molar-refractivity contribution in [1.82, 2.24) is 14.9 Å². The van der Waals surface area contributed by atoms with Gasteiger partial charge in [-0.25, -0.2) is 4.79 Å². The molecule has 0 bridgehead atoms. The van der Waals surface area contributed by atoms with Crippen molar-refractivity contribution < 1.29 is 14.4 Å². The maximum absolute atomic E-state index is 12.3. The number of nitrogens with zero attached hydrogens (tertiary/aromatic N) is 3. The summed E-state index contributed by atoms with van der Waals surface area (Å²) in [6.07, 6.45) is 3.77. The van der Waals surface area contributed by atoms with Gasteiger partial charge in [-0.3, -0.25) is 4.98 Å². The lowest BCUT2D eigenvalue weighted by Crippen LogP contribution is -2.35. The van der Waals surface area contributed by atoms with E-state index >= 15 is 0 Å². The first-order valence-corrected chi connectivity index (χ1v) is 10.1. The van der Waals surface area contributed by atoms with Gasteiger partial charge in [0.2, 0.25) is 0 Å². The van der Waals surface area contributed by atoms with Gasteiger partial charge < -0.3 is 19.5 Å². The molecule has 1 saturated heterocycles. The molecule has 0 radical (unpaired) electrons. The molecule has 1 unspecified atom stereocenters. The molecule has 1 atom stereocenters. The zero-order valence-corrected chi connectivity index (χ0v) is 17.5. The van der Waals surface area contributed by atoms with E-state index in [9.17, 15) is 4.79 Å². The molecular weight excluding hydrogens is 380 g/mol. The Bertz CT molecular complexity index is 1020. The van der Waals surface area contributed by atoms with Gasteiger partial charge in [0, 0.05) is 30.1 Å². The summed E-state index contributed by atoms with van der Waals surface area (Å²) in [5.41, 5.74) is 2.93. The molecule has 3 aromatic rings. The number of amides is 1. The van der Waals surface area contributed by atoms with E-state index in [-0.39, 0.29) is 12.2 Å². The Labute approximate surface area is 175 Å². The van der Waals surface area contributed by atoms with Crippen LogP contribution in [0.25, 0.3) is 10.9 Å². The van der Waals surface area contributed by atoms with E-state index in [0.29, 0.717) is 25.2 Å². The average molecular weight is 406 g/mol. The summed E-state index contributed by atoms with van der Waals surface area (Å²) in [5.74, 6) is 0. The van der Waals surface area contributed by atoms with E-state index in [2.05, 4.69) is 15.1 Å². The standard InChI is InChI=1S/C23H26N4O3/c1-23(2,3)29-22(28)27-12-10-18(15-27)30-26-21(16-7-5-4-6-8-16)19-13-17-9-11-24-14-20(17)25-19/h4-9,11,13-14,18,25H,10,12,15H2,1-3H3/b26-21+. The summed E-state index contributed by atoms with van der Waals surface area (Å²) in [5, 5.41) is 5.55. The number of benzene rings is 1. The zero-order valence-electron chi connectivity index (χ0n) is 17.5. The number of ether oxygens (including phenoxy) is 1. The van der Waals surface area contributed by atoms with Gasteiger partial charge in [-0.15, -0.1) is 0 Å². The van der Waals surface area contributed by atoms with Gasteiger partial charge in [0.05, 0.1) is 24.0 Å². The molecule has 0 spiro atoms. The number of likely N-dealkylation sites (tertiary alicyclic amines) is 1. The summed E-state index contributed by atoms with van der Waals surface area (Å²) in [6.45, 7) is 6.63. The summed E-state index contributed by atoms with van der Waals surface area (Å²) < 4.78 is 5.45. The highest BCUT2D eigenvalue weighted by Gasteiger charge is 2.31. The molecule has 3 heterocycles. The van der Waals surface area contributed by atoms with Gasteiger partial charge in [-0.05, 0) is 32.9 Å². The van der Waals surface area contributed by atoms with Crippen LogP contribution in [0, 0.1) is 0 Å². The number of nitrogens with one attached hydrogen (secondary N) is 1. The largest absolute Gasteiger partial charge is 0.444 e. The highest BCUT2D eigenvalue weighted by molar-refractivity contribution is 6.13. The Morgan fingerprint density at radius 1 is 1.23 bits per heavy atom. The molecule has 1 aromatic carbocycles. The monoisotopic (exact) mass is 406 g/mol. The van der Waals surface area contributed by atoms with Crippen LogP contribution in [0.3, 0.4) is 0 Å². The lowest BCUT2D eigenvalue weighted by Gasteiger charge is -2.24. The fraction of sp³-hybridized carbons (Fsp3) is 0.348. The number of hydrogen-bond acceptors (Lipinski definition) is 5. The number of carbonyl (C=O) groups excluding carboxylic acids is 1. The van der Waals surface area contributed by atoms with Gasteiger partial charge in [-0.1, -0.05) is 35.5 Å². The minimum atomic E-state index is -0.515. The molecule has 1 fully saturated rings. The first-order chi connectivity index (χ1) is 14.4. The molecule has 7 nitrogen and oxygen atoms in total. The molecular formula is C23H26N4O3. The molecule has 1 aliphatic heterocycles. The molecule has 0 aliphatic carbocycles. The van der Waals surface area contributed by atoms with E-state index < -0.39 is 5.60 Å². The quantitative estimate of drug-likeness (QED) is 0.516. The predicted octanol–water partition coefficient (Wildman–Crippen LogP) is 4.34. The average Bonchev–Trinajstić information content (AvgIpc) is 3.35. The fourth-order valence-corrected chi connectivity index (χ4v) is 3.39. The van der Waals surface area contributed by atoms with Crippen LogP contribution in [-0.4, -0.2) is 51.5 Å². The number of H-pyrrole nitrogens is 1. The smallest absolute Gasteiger partial charge is 0.410 e. The second-order valence-corrected chi connectivity index (χ2v) is 8.39. The van der Waals surface area contributed by atoms with E-state index in [4.69, 9.17) is 9.57 Å². The van der Waals surface area contributed by atoms with Crippen LogP contribution >= 0.6 is 0 Å². The summed E-state index contributed by atoms with van der Waals surface area (Å²) in [7, 11) is 0. The van der Waals surface area contributed by atoms with Crippen molar-refractivity contribution in [3.63, 3.8) is 0 Å². The van der Waals surface area contributed by atoms with Crippen molar-refractivity contribution in [2.75, 3.05) is 13.1 Å². The zero-order chi connectivity index (χ0) is 21.1. The van der Waals surface area contributed by atoms with Crippen LogP contribution in [0.1, 0.15) is 38.4 Å². The van der Waals surface area contributed by atoms with E-state index in [1.165, 1.54) is 0 Å². The maximum Gasteiger partial charge on any atom is 0.410 e. The first-order valence-electron chi connectivity index (χ1n) is 10.1. The van der Waals surface area contributed by atoms with Crippen molar-refractivity contribution in [1.29, 1.82) is 0 Å². The van der Waals surface area contributed by atoms with Crippen LogP contribution in [0.4, 0.5) is 4.79 Å². The van der Waals surface area contributed by atoms with E-state index in [1.54, 1.807) is 17.3 Å². The number of aromatic nitrogens is 2. The second-order valence-electron chi connectivity index (χ2n) is 8.39. The van der Waals surface area contributed by atoms with Gasteiger partial charge in [0.15, 0.2) is 0 Å². The Balaban J connectivity index is 1.53. The van der Waals surface area contributed by atoms with Gasteiger partial charge in [0.1, 0.15) is 17.4 Å². The number of aromatic amines is 1. The van der Waals surface area contributed by atoms with Gasteiger partial charge >= 0.3 is 6.09 Å². The van der Waals surface area contributed by atoms with Crippen LogP contribution in [-0.2, 0) is 9.57 Å². The second kappa shape index (κ2) is 8.18. The third kappa shape index (κ3) is 4.62. The summed E-state index contributed by atoms with van der Waals surface area (Å²) in [4.78, 5) is 27.4. The number of carbonyl (C=O) groups is 1. The SMILES string of the molecule is CC(C)(C)OC(=O)N1CCC(O/N=C(\c2ccccc2)c2cc3ccncc3[nH]2)C1. The van der Waals surface area contributed by atoms with Crippen LogP contribution in [0.15, 0.2) is 60.0 Å². The Morgan fingerprint density at radius 2 is 2.03 bits per heavy atom. The minimum absolute atomic E-state index is 0.178. The van der Waals surface area contributed by atoms with Gasteiger partial charge in [-0.2, -0.15) is 0 Å².